The highest BCUT2D eigenvalue weighted by Gasteiger charge is 2.06. The van der Waals surface area contributed by atoms with Crippen LogP contribution in [0.25, 0.3) is 0 Å². The number of aromatic nitrogens is 2. The minimum absolute atomic E-state index is 0.467. The molecule has 0 amide bonds. The Morgan fingerprint density at radius 3 is 2.86 bits per heavy atom. The van der Waals surface area contributed by atoms with Gasteiger partial charge in [0.25, 0.3) is 0 Å². The van der Waals surface area contributed by atoms with Crippen molar-refractivity contribution in [1.29, 1.82) is 0 Å². The van der Waals surface area contributed by atoms with E-state index in [0.717, 1.165) is 18.5 Å². The molecule has 1 heterocycles. The van der Waals surface area contributed by atoms with E-state index in [-0.39, 0.29) is 0 Å². The molecule has 14 heavy (non-hydrogen) atoms. The molecule has 4 nitrogen and oxygen atoms in total. The lowest BCUT2D eigenvalue weighted by atomic mass is 10.1. The normalized spacial score (nSPS) is 12.5. The van der Waals surface area contributed by atoms with Crippen molar-refractivity contribution in [3.8, 4) is 5.88 Å². The van der Waals surface area contributed by atoms with Gasteiger partial charge in [-0.15, -0.1) is 0 Å². The number of methoxy groups -OCH3 is 1. The zero-order valence-electron chi connectivity index (χ0n) is 8.95. The van der Waals surface area contributed by atoms with E-state index in [9.17, 15) is 0 Å². The number of nitrogens with one attached hydrogen (secondary N) is 1. The monoisotopic (exact) mass is 195 g/mol. The maximum Gasteiger partial charge on any atom is 0.216 e. The van der Waals surface area contributed by atoms with E-state index in [1.807, 2.05) is 13.1 Å². The zero-order valence-corrected chi connectivity index (χ0v) is 8.95. The third-order valence-corrected chi connectivity index (χ3v) is 2.26. The van der Waals surface area contributed by atoms with Crippen LogP contribution in [0.1, 0.15) is 19.0 Å². The lowest BCUT2D eigenvalue weighted by molar-refractivity contribution is 0.395. The minimum Gasteiger partial charge on any atom is -0.481 e. The van der Waals surface area contributed by atoms with Crippen LogP contribution in [-0.4, -0.2) is 30.2 Å². The minimum atomic E-state index is 0.467. The van der Waals surface area contributed by atoms with E-state index in [1.54, 1.807) is 7.11 Å². The lowest BCUT2D eigenvalue weighted by Crippen LogP contribution is -2.26. The Labute approximate surface area is 84.7 Å². The first-order valence-electron chi connectivity index (χ1n) is 4.82. The van der Waals surface area contributed by atoms with Gasteiger partial charge in [0, 0.05) is 24.2 Å². The molecule has 0 aliphatic carbocycles. The Morgan fingerprint density at radius 2 is 2.29 bits per heavy atom. The second-order valence-electron chi connectivity index (χ2n) is 3.15. The highest BCUT2D eigenvalue weighted by molar-refractivity contribution is 5.14. The molecule has 0 saturated carbocycles. The summed E-state index contributed by atoms with van der Waals surface area (Å²) in [6.45, 7) is 2.15. The van der Waals surface area contributed by atoms with Crippen LogP contribution in [0.4, 0.5) is 0 Å². The van der Waals surface area contributed by atoms with Gasteiger partial charge in [-0.25, -0.2) is 9.97 Å². The highest BCUT2D eigenvalue weighted by Crippen LogP contribution is 2.08. The summed E-state index contributed by atoms with van der Waals surface area (Å²) in [6, 6.07) is 2.34. The molecule has 1 aromatic heterocycles. The van der Waals surface area contributed by atoms with Crippen molar-refractivity contribution in [3.63, 3.8) is 0 Å². The maximum atomic E-state index is 5.03. The fourth-order valence-corrected chi connectivity index (χ4v) is 1.30. The quantitative estimate of drug-likeness (QED) is 0.762. The number of hydrogen-bond donors (Lipinski definition) is 1. The number of likely N-dealkylation sites (N-methyl/N-ethyl adjacent to an activating group) is 1. The molecule has 1 aromatic rings. The number of rotatable bonds is 5. The van der Waals surface area contributed by atoms with E-state index in [4.69, 9.17) is 4.74 Å². The maximum absolute atomic E-state index is 5.03. The van der Waals surface area contributed by atoms with E-state index in [1.165, 1.54) is 6.33 Å². The summed E-state index contributed by atoms with van der Waals surface area (Å²) < 4.78 is 5.03. The predicted molar refractivity (Wildman–Crippen MR) is 55.4 cm³/mol. The van der Waals surface area contributed by atoms with Gasteiger partial charge in [0.2, 0.25) is 5.88 Å². The molecule has 0 bridgehead atoms. The molecule has 0 spiro atoms. The van der Waals surface area contributed by atoms with Gasteiger partial charge >= 0.3 is 0 Å². The van der Waals surface area contributed by atoms with Crippen molar-refractivity contribution in [2.75, 3.05) is 14.2 Å². The standard InChI is InChI=1S/C10H17N3O/c1-4-8(11-2)5-9-6-10(14-3)13-7-12-9/h6-8,11H,4-5H2,1-3H3. The fourth-order valence-electron chi connectivity index (χ4n) is 1.30. The molecular weight excluding hydrogens is 178 g/mol. The van der Waals surface area contributed by atoms with Gasteiger partial charge in [0.05, 0.1) is 7.11 Å². The van der Waals surface area contributed by atoms with Crippen LogP contribution in [0, 0.1) is 0 Å². The van der Waals surface area contributed by atoms with Gasteiger partial charge < -0.3 is 10.1 Å². The van der Waals surface area contributed by atoms with Crippen LogP contribution in [0.3, 0.4) is 0 Å². The van der Waals surface area contributed by atoms with E-state index < -0.39 is 0 Å². The fraction of sp³-hybridized carbons (Fsp3) is 0.600. The molecule has 4 heteroatoms. The van der Waals surface area contributed by atoms with Crippen LogP contribution < -0.4 is 10.1 Å². The zero-order chi connectivity index (χ0) is 10.4. The van der Waals surface area contributed by atoms with Crippen LogP contribution >= 0.6 is 0 Å². The second-order valence-corrected chi connectivity index (χ2v) is 3.15. The summed E-state index contributed by atoms with van der Waals surface area (Å²) in [6.07, 6.45) is 3.53. The van der Waals surface area contributed by atoms with E-state index in [2.05, 4.69) is 22.2 Å². The van der Waals surface area contributed by atoms with Crippen molar-refractivity contribution >= 4 is 0 Å². The first kappa shape index (κ1) is 10.9. The van der Waals surface area contributed by atoms with E-state index in [0.29, 0.717) is 11.9 Å². The third-order valence-electron chi connectivity index (χ3n) is 2.26. The van der Waals surface area contributed by atoms with Crippen LogP contribution in [-0.2, 0) is 6.42 Å². The largest absolute Gasteiger partial charge is 0.481 e. The molecule has 0 radical (unpaired) electrons. The third kappa shape index (κ3) is 2.96. The number of hydrogen-bond acceptors (Lipinski definition) is 4. The Hall–Kier alpha value is -1.16. The SMILES string of the molecule is CCC(Cc1cc(OC)ncn1)NC. The smallest absolute Gasteiger partial charge is 0.216 e. The Bertz CT molecular complexity index is 274. The summed E-state index contributed by atoms with van der Waals surface area (Å²) in [7, 11) is 3.58. The van der Waals surface area contributed by atoms with Gasteiger partial charge in [0.15, 0.2) is 0 Å². The van der Waals surface area contributed by atoms with Gasteiger partial charge in [-0.2, -0.15) is 0 Å². The Balaban J connectivity index is 2.65. The molecule has 0 aromatic carbocycles. The molecule has 0 aliphatic heterocycles. The molecule has 1 atom stereocenters. The van der Waals surface area contributed by atoms with Gasteiger partial charge in [-0.1, -0.05) is 6.92 Å². The van der Waals surface area contributed by atoms with Gasteiger partial charge in [-0.05, 0) is 13.5 Å². The first-order valence-corrected chi connectivity index (χ1v) is 4.82. The van der Waals surface area contributed by atoms with Crippen molar-refractivity contribution in [1.82, 2.24) is 15.3 Å². The molecule has 0 saturated heterocycles. The molecule has 1 rings (SSSR count). The first-order chi connectivity index (χ1) is 6.80. The second kappa shape index (κ2) is 5.54. The summed E-state index contributed by atoms with van der Waals surface area (Å²) in [5.74, 6) is 0.626. The molecular formula is C10H17N3O. The van der Waals surface area contributed by atoms with Crippen LogP contribution in [0.15, 0.2) is 12.4 Å². The molecule has 1 N–H and O–H groups in total. The molecule has 0 aliphatic rings. The molecule has 0 fully saturated rings. The van der Waals surface area contributed by atoms with Crippen molar-refractivity contribution in [3.05, 3.63) is 18.1 Å². The summed E-state index contributed by atoms with van der Waals surface area (Å²) in [4.78, 5) is 8.16. The number of nitrogens with zero attached hydrogens (tertiary/aromatic N) is 2. The highest BCUT2D eigenvalue weighted by atomic mass is 16.5. The summed E-state index contributed by atoms with van der Waals surface area (Å²) >= 11 is 0. The molecule has 78 valence electrons. The van der Waals surface area contributed by atoms with Crippen LogP contribution in [0.2, 0.25) is 0 Å². The lowest BCUT2D eigenvalue weighted by Gasteiger charge is -2.12. The predicted octanol–water partition coefficient (Wildman–Crippen LogP) is 1.03. The Kier molecular flexibility index (Phi) is 4.32. The average Bonchev–Trinajstić information content (AvgIpc) is 2.26. The van der Waals surface area contributed by atoms with Crippen molar-refractivity contribution in [2.24, 2.45) is 0 Å². The summed E-state index contributed by atoms with van der Waals surface area (Å²) in [5, 5.41) is 3.24. The van der Waals surface area contributed by atoms with Crippen molar-refractivity contribution in [2.45, 2.75) is 25.8 Å². The topological polar surface area (TPSA) is 47.0 Å². The van der Waals surface area contributed by atoms with Gasteiger partial charge in [0.1, 0.15) is 6.33 Å². The average molecular weight is 195 g/mol. The van der Waals surface area contributed by atoms with E-state index >= 15 is 0 Å². The van der Waals surface area contributed by atoms with Crippen molar-refractivity contribution < 1.29 is 4.74 Å². The van der Waals surface area contributed by atoms with Crippen LogP contribution in [0.5, 0.6) is 5.88 Å². The van der Waals surface area contributed by atoms with Gasteiger partial charge in [-0.3, -0.25) is 0 Å². The Morgan fingerprint density at radius 1 is 1.50 bits per heavy atom. The number of ether oxygens (including phenoxy) is 1. The molecule has 1 unspecified atom stereocenters. The summed E-state index contributed by atoms with van der Waals surface area (Å²) in [5.41, 5.74) is 1.01.